The maximum Gasteiger partial charge on any atom is 0.164 e. The van der Waals surface area contributed by atoms with E-state index in [1.165, 1.54) is 19.3 Å². The lowest BCUT2D eigenvalue weighted by Gasteiger charge is -2.06. The van der Waals surface area contributed by atoms with Crippen LogP contribution in [0.4, 0.5) is 0 Å². The molecule has 0 spiro atoms. The number of nitrogens with zero attached hydrogens (tertiary/aromatic N) is 1. The van der Waals surface area contributed by atoms with Crippen LogP contribution < -0.4 is 4.74 Å². The van der Waals surface area contributed by atoms with E-state index >= 15 is 0 Å². The van der Waals surface area contributed by atoms with Gasteiger partial charge in [-0.1, -0.05) is 39.5 Å². The van der Waals surface area contributed by atoms with E-state index in [0.717, 1.165) is 19.3 Å². The normalized spacial score (nSPS) is 10.4. The fourth-order valence-corrected chi connectivity index (χ4v) is 1.90. The molecule has 0 saturated heterocycles. The molecular formula is C16H25NO2. The summed E-state index contributed by atoms with van der Waals surface area (Å²) >= 11 is 0. The lowest BCUT2D eigenvalue weighted by molar-refractivity contribution is 0.0978. The third-order valence-electron chi connectivity index (χ3n) is 3.02. The minimum absolute atomic E-state index is 0.172. The Hall–Kier alpha value is -1.38. The molecule has 3 heteroatoms. The van der Waals surface area contributed by atoms with Crippen molar-refractivity contribution in [3.05, 3.63) is 24.0 Å². The van der Waals surface area contributed by atoms with Crippen molar-refractivity contribution < 1.29 is 9.53 Å². The molecule has 0 aliphatic rings. The number of Topliss-reactive ketones (excluding diaryl/α,β-unsaturated/α-hetero) is 1. The predicted molar refractivity (Wildman–Crippen MR) is 77.7 cm³/mol. The summed E-state index contributed by atoms with van der Waals surface area (Å²) in [7, 11) is 0. The molecular weight excluding hydrogens is 238 g/mol. The van der Waals surface area contributed by atoms with Gasteiger partial charge in [0.1, 0.15) is 5.75 Å². The molecule has 0 unspecified atom stereocenters. The Morgan fingerprint density at radius 1 is 1.11 bits per heavy atom. The number of rotatable bonds is 10. The van der Waals surface area contributed by atoms with Gasteiger partial charge in [-0.2, -0.15) is 0 Å². The molecule has 0 fully saturated rings. The summed E-state index contributed by atoms with van der Waals surface area (Å²) in [5, 5.41) is 0. The van der Waals surface area contributed by atoms with Crippen LogP contribution in [0.3, 0.4) is 0 Å². The van der Waals surface area contributed by atoms with E-state index in [1.807, 2.05) is 0 Å². The second-order valence-corrected chi connectivity index (χ2v) is 4.85. The molecule has 0 aromatic carbocycles. The minimum Gasteiger partial charge on any atom is -0.492 e. The quantitative estimate of drug-likeness (QED) is 0.463. The van der Waals surface area contributed by atoms with Gasteiger partial charge in [-0.05, 0) is 18.9 Å². The molecule has 0 radical (unpaired) electrons. The molecule has 3 nitrogen and oxygen atoms in total. The first-order chi connectivity index (χ1) is 9.27. The number of carbonyl (C=O) groups is 1. The van der Waals surface area contributed by atoms with Crippen LogP contribution in [0, 0.1) is 0 Å². The van der Waals surface area contributed by atoms with E-state index in [2.05, 4.69) is 18.8 Å². The predicted octanol–water partition coefficient (Wildman–Crippen LogP) is 4.41. The molecule has 0 atom stereocenters. The number of aromatic nitrogens is 1. The number of hydrogen-bond donors (Lipinski definition) is 0. The van der Waals surface area contributed by atoms with E-state index in [4.69, 9.17) is 4.74 Å². The van der Waals surface area contributed by atoms with E-state index in [1.54, 1.807) is 18.5 Å². The highest BCUT2D eigenvalue weighted by molar-refractivity contribution is 5.96. The summed E-state index contributed by atoms with van der Waals surface area (Å²) in [6.07, 6.45) is 10.7. The Bertz CT molecular complexity index is 377. The van der Waals surface area contributed by atoms with Crippen LogP contribution in [0.5, 0.6) is 5.75 Å². The highest BCUT2D eigenvalue weighted by Gasteiger charge is 2.07. The van der Waals surface area contributed by atoms with Gasteiger partial charge in [0.05, 0.1) is 12.8 Å². The first kappa shape index (κ1) is 15.7. The zero-order valence-electron chi connectivity index (χ0n) is 12.2. The van der Waals surface area contributed by atoms with Crippen LogP contribution in [-0.4, -0.2) is 17.4 Å². The number of ether oxygens (including phenoxy) is 1. The Kier molecular flexibility index (Phi) is 7.87. The fourth-order valence-electron chi connectivity index (χ4n) is 1.90. The highest BCUT2D eigenvalue weighted by atomic mass is 16.5. The monoisotopic (exact) mass is 263 g/mol. The highest BCUT2D eigenvalue weighted by Crippen LogP contribution is 2.15. The molecule has 1 rings (SSSR count). The largest absolute Gasteiger partial charge is 0.492 e. The van der Waals surface area contributed by atoms with Gasteiger partial charge < -0.3 is 4.74 Å². The summed E-state index contributed by atoms with van der Waals surface area (Å²) in [4.78, 5) is 16.1. The van der Waals surface area contributed by atoms with Crippen molar-refractivity contribution in [1.82, 2.24) is 4.98 Å². The Morgan fingerprint density at radius 2 is 1.89 bits per heavy atom. The van der Waals surface area contributed by atoms with Gasteiger partial charge in [0.2, 0.25) is 0 Å². The molecule has 0 N–H and O–H groups in total. The molecule has 0 saturated carbocycles. The van der Waals surface area contributed by atoms with Gasteiger partial charge in [-0.3, -0.25) is 9.78 Å². The Morgan fingerprint density at radius 3 is 2.63 bits per heavy atom. The van der Waals surface area contributed by atoms with Crippen molar-refractivity contribution in [2.45, 2.75) is 58.8 Å². The molecule has 19 heavy (non-hydrogen) atoms. The number of ketones is 1. The molecule has 0 aliphatic carbocycles. The summed E-state index contributed by atoms with van der Waals surface area (Å²) in [5.74, 6) is 0.865. The Labute approximate surface area is 116 Å². The topological polar surface area (TPSA) is 39.2 Å². The summed E-state index contributed by atoms with van der Waals surface area (Å²) in [5.41, 5.74) is 0.670. The fraction of sp³-hybridized carbons (Fsp3) is 0.625. The van der Waals surface area contributed by atoms with Crippen LogP contribution in [0.2, 0.25) is 0 Å². The lowest BCUT2D eigenvalue weighted by atomic mass is 10.1. The molecule has 0 bridgehead atoms. The van der Waals surface area contributed by atoms with Gasteiger partial charge in [-0.25, -0.2) is 0 Å². The van der Waals surface area contributed by atoms with E-state index in [0.29, 0.717) is 24.3 Å². The van der Waals surface area contributed by atoms with Gasteiger partial charge in [0.25, 0.3) is 0 Å². The van der Waals surface area contributed by atoms with Crippen molar-refractivity contribution in [2.24, 2.45) is 0 Å². The van der Waals surface area contributed by atoms with Gasteiger partial charge in [-0.15, -0.1) is 0 Å². The maximum absolute atomic E-state index is 12.0. The molecule has 0 aliphatic heterocycles. The van der Waals surface area contributed by atoms with Crippen molar-refractivity contribution in [3.8, 4) is 5.75 Å². The SMILES string of the molecule is CCCCCCCC(=O)c1cncc(OCCC)c1. The smallest absolute Gasteiger partial charge is 0.164 e. The van der Waals surface area contributed by atoms with E-state index in [9.17, 15) is 4.79 Å². The third kappa shape index (κ3) is 6.37. The molecule has 1 heterocycles. The van der Waals surface area contributed by atoms with Crippen molar-refractivity contribution in [3.63, 3.8) is 0 Å². The molecule has 106 valence electrons. The van der Waals surface area contributed by atoms with Crippen LogP contribution in [0.25, 0.3) is 0 Å². The number of carbonyl (C=O) groups excluding carboxylic acids is 1. The average Bonchev–Trinajstić information content (AvgIpc) is 2.45. The van der Waals surface area contributed by atoms with Gasteiger partial charge in [0, 0.05) is 18.2 Å². The molecule has 0 amide bonds. The van der Waals surface area contributed by atoms with Crippen LogP contribution in [-0.2, 0) is 0 Å². The number of hydrogen-bond acceptors (Lipinski definition) is 3. The second-order valence-electron chi connectivity index (χ2n) is 4.85. The van der Waals surface area contributed by atoms with E-state index < -0.39 is 0 Å². The first-order valence-corrected chi connectivity index (χ1v) is 7.39. The van der Waals surface area contributed by atoms with Crippen molar-refractivity contribution in [1.29, 1.82) is 0 Å². The summed E-state index contributed by atoms with van der Waals surface area (Å²) in [6.45, 7) is 4.91. The van der Waals surface area contributed by atoms with Crippen molar-refractivity contribution >= 4 is 5.78 Å². The van der Waals surface area contributed by atoms with Crippen LogP contribution in [0.15, 0.2) is 18.5 Å². The first-order valence-electron chi connectivity index (χ1n) is 7.39. The minimum atomic E-state index is 0.172. The third-order valence-corrected chi connectivity index (χ3v) is 3.02. The average molecular weight is 263 g/mol. The zero-order chi connectivity index (χ0) is 13.9. The van der Waals surface area contributed by atoms with Crippen LogP contribution >= 0.6 is 0 Å². The number of unbranched alkanes of at least 4 members (excludes halogenated alkanes) is 4. The van der Waals surface area contributed by atoms with Crippen LogP contribution in [0.1, 0.15) is 69.2 Å². The van der Waals surface area contributed by atoms with E-state index in [-0.39, 0.29) is 5.78 Å². The second kappa shape index (κ2) is 9.54. The summed E-state index contributed by atoms with van der Waals surface area (Å²) < 4.78 is 5.49. The molecule has 1 aromatic rings. The molecule has 1 aromatic heterocycles. The standard InChI is InChI=1S/C16H25NO2/c1-3-5-6-7-8-9-16(18)14-11-15(13-17-12-14)19-10-4-2/h11-13H,3-10H2,1-2H3. The number of pyridine rings is 1. The summed E-state index contributed by atoms with van der Waals surface area (Å²) in [6, 6.07) is 1.80. The zero-order valence-corrected chi connectivity index (χ0v) is 12.2. The van der Waals surface area contributed by atoms with Gasteiger partial charge >= 0.3 is 0 Å². The van der Waals surface area contributed by atoms with Gasteiger partial charge in [0.15, 0.2) is 5.78 Å². The Balaban J connectivity index is 2.38. The van der Waals surface area contributed by atoms with Crippen molar-refractivity contribution in [2.75, 3.05) is 6.61 Å². The lowest BCUT2D eigenvalue weighted by Crippen LogP contribution is -2.02. The maximum atomic E-state index is 12.0.